The molecule has 0 aromatic carbocycles. The van der Waals surface area contributed by atoms with Gasteiger partial charge in [-0.2, -0.15) is 0 Å². The van der Waals surface area contributed by atoms with Gasteiger partial charge in [-0.3, -0.25) is 4.79 Å². The standard InChI is InChI=1S/C13H23N5O2S/c1-7(5-8(2)19)16-12(20)10-11(15)17-13(21-10)18-4-3-9(14)6-18/h7-9,19H,3-6,14-15H2,1-2H3,(H,16,20). The number of nitrogens with one attached hydrogen (secondary N) is 1. The number of aliphatic hydroxyl groups excluding tert-OH is 1. The molecule has 1 aliphatic rings. The molecule has 3 unspecified atom stereocenters. The fourth-order valence-electron chi connectivity index (χ4n) is 2.44. The van der Waals surface area contributed by atoms with E-state index in [9.17, 15) is 9.90 Å². The van der Waals surface area contributed by atoms with Gasteiger partial charge in [0.2, 0.25) is 0 Å². The van der Waals surface area contributed by atoms with E-state index < -0.39 is 6.10 Å². The van der Waals surface area contributed by atoms with Gasteiger partial charge in [-0.15, -0.1) is 0 Å². The first kappa shape index (κ1) is 16.0. The SMILES string of the molecule is CC(O)CC(C)NC(=O)c1sc(N2CCC(N)C2)nc1N. The summed E-state index contributed by atoms with van der Waals surface area (Å²) in [7, 11) is 0. The Morgan fingerprint density at radius 1 is 1.62 bits per heavy atom. The Bertz CT molecular complexity index is 505. The van der Waals surface area contributed by atoms with Crippen LogP contribution >= 0.6 is 11.3 Å². The number of thiazole rings is 1. The number of nitrogen functional groups attached to an aromatic ring is 1. The molecule has 1 aromatic heterocycles. The van der Waals surface area contributed by atoms with Crippen LogP contribution in [0.4, 0.5) is 10.9 Å². The number of aliphatic hydroxyl groups is 1. The van der Waals surface area contributed by atoms with Gasteiger partial charge in [0.05, 0.1) is 6.10 Å². The second-order valence-corrected chi connectivity index (χ2v) is 6.64. The van der Waals surface area contributed by atoms with Crippen LogP contribution in [0.3, 0.4) is 0 Å². The maximum Gasteiger partial charge on any atom is 0.265 e. The van der Waals surface area contributed by atoms with Crippen LogP contribution < -0.4 is 21.7 Å². The van der Waals surface area contributed by atoms with Crippen molar-refractivity contribution in [2.24, 2.45) is 5.73 Å². The van der Waals surface area contributed by atoms with Crippen LogP contribution in [0.5, 0.6) is 0 Å². The van der Waals surface area contributed by atoms with Crippen molar-refractivity contribution in [3.63, 3.8) is 0 Å². The van der Waals surface area contributed by atoms with Gasteiger partial charge in [-0.05, 0) is 26.7 Å². The summed E-state index contributed by atoms with van der Waals surface area (Å²) >= 11 is 1.29. The van der Waals surface area contributed by atoms with Crippen molar-refractivity contribution in [1.82, 2.24) is 10.3 Å². The molecule has 1 fully saturated rings. The first-order chi connectivity index (χ1) is 9.86. The zero-order chi connectivity index (χ0) is 15.6. The van der Waals surface area contributed by atoms with Crippen molar-refractivity contribution in [3.05, 3.63) is 4.88 Å². The maximum absolute atomic E-state index is 12.2. The van der Waals surface area contributed by atoms with Crippen molar-refractivity contribution in [2.75, 3.05) is 23.7 Å². The number of hydrogen-bond donors (Lipinski definition) is 4. The number of hydrogen-bond acceptors (Lipinski definition) is 7. The molecule has 118 valence electrons. The van der Waals surface area contributed by atoms with Crippen molar-refractivity contribution in [3.8, 4) is 0 Å². The van der Waals surface area contributed by atoms with Gasteiger partial charge in [0.25, 0.3) is 5.91 Å². The second kappa shape index (κ2) is 6.59. The second-order valence-electron chi connectivity index (χ2n) is 5.66. The van der Waals surface area contributed by atoms with E-state index in [0.717, 1.165) is 24.6 Å². The molecule has 0 aliphatic carbocycles. The fraction of sp³-hybridized carbons (Fsp3) is 0.692. The molecule has 1 aliphatic heterocycles. The summed E-state index contributed by atoms with van der Waals surface area (Å²) in [5.74, 6) is 0.00473. The van der Waals surface area contributed by atoms with Gasteiger partial charge >= 0.3 is 0 Å². The number of amides is 1. The molecule has 0 radical (unpaired) electrons. The molecule has 2 rings (SSSR count). The summed E-state index contributed by atoms with van der Waals surface area (Å²) in [6.07, 6.45) is 0.964. The van der Waals surface area contributed by atoms with E-state index in [1.54, 1.807) is 6.92 Å². The van der Waals surface area contributed by atoms with Crippen molar-refractivity contribution >= 4 is 28.2 Å². The molecule has 2 heterocycles. The largest absolute Gasteiger partial charge is 0.393 e. The minimum atomic E-state index is -0.458. The van der Waals surface area contributed by atoms with E-state index in [-0.39, 0.29) is 23.8 Å². The minimum Gasteiger partial charge on any atom is -0.393 e. The van der Waals surface area contributed by atoms with Gasteiger partial charge in [0, 0.05) is 25.2 Å². The topological polar surface area (TPSA) is 118 Å². The monoisotopic (exact) mass is 313 g/mol. The highest BCUT2D eigenvalue weighted by molar-refractivity contribution is 7.18. The van der Waals surface area contributed by atoms with E-state index in [1.807, 2.05) is 6.92 Å². The molecule has 1 amide bonds. The molecule has 1 aromatic rings. The Hall–Kier alpha value is -1.38. The number of carbonyl (C=O) groups excluding carboxylic acids is 1. The first-order valence-corrected chi connectivity index (χ1v) is 7.94. The summed E-state index contributed by atoms with van der Waals surface area (Å²) in [6, 6.07) is 0.0288. The molecule has 8 heteroatoms. The summed E-state index contributed by atoms with van der Waals surface area (Å²) in [5.41, 5.74) is 11.7. The molecule has 7 nitrogen and oxygen atoms in total. The van der Waals surface area contributed by atoms with Gasteiger partial charge in [-0.1, -0.05) is 11.3 Å². The minimum absolute atomic E-state index is 0.123. The predicted octanol–water partition coefficient (Wildman–Crippen LogP) is 0.152. The number of rotatable bonds is 5. The molecular formula is C13H23N5O2S. The molecule has 0 bridgehead atoms. The third kappa shape index (κ3) is 4.05. The Labute approximate surface area is 128 Å². The lowest BCUT2D eigenvalue weighted by molar-refractivity contribution is 0.0928. The molecule has 21 heavy (non-hydrogen) atoms. The Morgan fingerprint density at radius 2 is 2.33 bits per heavy atom. The van der Waals surface area contributed by atoms with Gasteiger partial charge in [0.1, 0.15) is 10.7 Å². The normalized spacial score (nSPS) is 21.3. The number of carbonyl (C=O) groups is 1. The fourth-order valence-corrected chi connectivity index (χ4v) is 3.36. The van der Waals surface area contributed by atoms with Crippen LogP contribution in [0, 0.1) is 0 Å². The highest BCUT2D eigenvalue weighted by atomic mass is 32.1. The number of aromatic nitrogens is 1. The average Bonchev–Trinajstić information content (AvgIpc) is 2.94. The van der Waals surface area contributed by atoms with Crippen molar-refractivity contribution < 1.29 is 9.90 Å². The summed E-state index contributed by atoms with van der Waals surface area (Å²) in [6.45, 7) is 5.13. The Kier molecular flexibility index (Phi) is 5.02. The van der Waals surface area contributed by atoms with E-state index in [1.165, 1.54) is 11.3 Å². The molecular weight excluding hydrogens is 290 g/mol. The van der Waals surface area contributed by atoms with Crippen LogP contribution in [0.25, 0.3) is 0 Å². The zero-order valence-electron chi connectivity index (χ0n) is 12.4. The van der Waals surface area contributed by atoms with Crippen LogP contribution in [0.2, 0.25) is 0 Å². The summed E-state index contributed by atoms with van der Waals surface area (Å²) < 4.78 is 0. The van der Waals surface area contributed by atoms with Crippen LogP contribution in [0.15, 0.2) is 0 Å². The van der Waals surface area contributed by atoms with Crippen molar-refractivity contribution in [1.29, 1.82) is 0 Å². The molecule has 6 N–H and O–H groups in total. The van der Waals surface area contributed by atoms with Gasteiger partial charge < -0.3 is 26.8 Å². The number of anilines is 2. The van der Waals surface area contributed by atoms with Gasteiger partial charge in [0.15, 0.2) is 5.13 Å². The predicted molar refractivity (Wildman–Crippen MR) is 84.6 cm³/mol. The third-order valence-corrected chi connectivity index (χ3v) is 4.55. The van der Waals surface area contributed by atoms with Crippen molar-refractivity contribution in [2.45, 2.75) is 44.9 Å². The van der Waals surface area contributed by atoms with E-state index in [2.05, 4.69) is 15.2 Å². The summed E-state index contributed by atoms with van der Waals surface area (Å²) in [4.78, 5) is 19.0. The van der Waals surface area contributed by atoms with Crippen LogP contribution in [-0.2, 0) is 0 Å². The quantitative estimate of drug-likeness (QED) is 0.615. The lowest BCUT2D eigenvalue weighted by Crippen LogP contribution is -2.34. The smallest absolute Gasteiger partial charge is 0.265 e. The maximum atomic E-state index is 12.2. The van der Waals surface area contributed by atoms with E-state index in [4.69, 9.17) is 11.5 Å². The Morgan fingerprint density at radius 3 is 2.90 bits per heavy atom. The highest BCUT2D eigenvalue weighted by Gasteiger charge is 2.25. The number of nitrogens with zero attached hydrogens (tertiary/aromatic N) is 2. The highest BCUT2D eigenvalue weighted by Crippen LogP contribution is 2.30. The van der Waals surface area contributed by atoms with E-state index >= 15 is 0 Å². The van der Waals surface area contributed by atoms with Gasteiger partial charge in [-0.25, -0.2) is 4.98 Å². The molecule has 0 saturated carbocycles. The zero-order valence-corrected chi connectivity index (χ0v) is 13.2. The average molecular weight is 313 g/mol. The third-order valence-electron chi connectivity index (χ3n) is 3.42. The first-order valence-electron chi connectivity index (χ1n) is 7.12. The Balaban J connectivity index is 2.03. The molecule has 0 spiro atoms. The molecule has 3 atom stereocenters. The van der Waals surface area contributed by atoms with E-state index in [0.29, 0.717) is 11.3 Å². The molecule has 1 saturated heterocycles. The van der Waals surface area contributed by atoms with Crippen LogP contribution in [-0.4, -0.2) is 47.3 Å². The van der Waals surface area contributed by atoms with Crippen LogP contribution in [0.1, 0.15) is 36.4 Å². The summed E-state index contributed by atoms with van der Waals surface area (Å²) in [5, 5.41) is 12.9. The lowest BCUT2D eigenvalue weighted by Gasteiger charge is -2.15. The number of nitrogens with two attached hydrogens (primary N) is 2. The lowest BCUT2D eigenvalue weighted by atomic mass is 10.1.